The highest BCUT2D eigenvalue weighted by Gasteiger charge is 2.32. The lowest BCUT2D eigenvalue weighted by Crippen LogP contribution is -2.27. The molecule has 0 saturated carbocycles. The van der Waals surface area contributed by atoms with Crippen LogP contribution in [0.1, 0.15) is 42.7 Å². The van der Waals surface area contributed by atoms with Crippen molar-refractivity contribution in [2.24, 2.45) is 0 Å². The van der Waals surface area contributed by atoms with Crippen LogP contribution in [0, 0.1) is 13.8 Å². The zero-order valence-electron chi connectivity index (χ0n) is 21.7. The van der Waals surface area contributed by atoms with Crippen LogP contribution in [0.4, 0.5) is 0 Å². The van der Waals surface area contributed by atoms with Gasteiger partial charge in [0.2, 0.25) is 0 Å². The number of aromatic nitrogens is 6. The van der Waals surface area contributed by atoms with Crippen molar-refractivity contribution in [3.63, 3.8) is 0 Å². The summed E-state index contributed by atoms with van der Waals surface area (Å²) in [7, 11) is -0.635. The molecule has 194 valence electrons. The summed E-state index contributed by atoms with van der Waals surface area (Å²) in [5.74, 6) is 0.800. The van der Waals surface area contributed by atoms with Crippen molar-refractivity contribution >= 4 is 9.84 Å². The van der Waals surface area contributed by atoms with Gasteiger partial charge in [0.1, 0.15) is 28.6 Å². The number of sulfone groups is 1. The number of methoxy groups -OCH3 is 2. The molecule has 2 atom stereocenters. The van der Waals surface area contributed by atoms with Crippen LogP contribution in [-0.4, -0.2) is 57.6 Å². The lowest BCUT2D eigenvalue weighted by Gasteiger charge is -2.21. The number of pyridine rings is 1. The third kappa shape index (κ3) is 5.31. The number of aryl methyl sites for hydroxylation is 2. The summed E-state index contributed by atoms with van der Waals surface area (Å²) in [5.41, 5.74) is 3.20. The maximum absolute atomic E-state index is 13.7. The van der Waals surface area contributed by atoms with Gasteiger partial charge in [-0.25, -0.2) is 13.4 Å². The largest absolute Gasteiger partial charge is 0.494 e. The molecule has 0 spiro atoms. The Labute approximate surface area is 216 Å². The van der Waals surface area contributed by atoms with Crippen molar-refractivity contribution in [3.8, 4) is 28.7 Å². The standard InChI is InChI=1S/C26H30N6O4S/c1-16-9-7-10-20(29-16)26-31-30-24(32(26)25-22(35-5)11-8-12-23(25)36-6)15-37(33,34)19(4)18(3)21-14-27-17(2)13-28-21/h7-14,18-19H,15H2,1-6H3/t18-,19-/m1/s1. The molecule has 37 heavy (non-hydrogen) atoms. The fraction of sp³-hybridized carbons (Fsp3) is 0.346. The fourth-order valence-electron chi connectivity index (χ4n) is 4.03. The first kappa shape index (κ1) is 26.2. The summed E-state index contributed by atoms with van der Waals surface area (Å²) >= 11 is 0. The summed E-state index contributed by atoms with van der Waals surface area (Å²) < 4.78 is 40.2. The molecule has 0 aliphatic carbocycles. The van der Waals surface area contributed by atoms with E-state index in [0.29, 0.717) is 34.4 Å². The number of ether oxygens (including phenoxy) is 2. The third-order valence-electron chi connectivity index (χ3n) is 6.34. The zero-order chi connectivity index (χ0) is 26.7. The van der Waals surface area contributed by atoms with E-state index in [9.17, 15) is 8.42 Å². The van der Waals surface area contributed by atoms with E-state index in [0.717, 1.165) is 11.4 Å². The van der Waals surface area contributed by atoms with Crippen LogP contribution in [0.5, 0.6) is 11.5 Å². The van der Waals surface area contributed by atoms with E-state index in [1.807, 2.05) is 32.9 Å². The number of hydrogen-bond acceptors (Lipinski definition) is 9. The minimum Gasteiger partial charge on any atom is -0.494 e. The van der Waals surface area contributed by atoms with Crippen LogP contribution < -0.4 is 9.47 Å². The van der Waals surface area contributed by atoms with Crippen LogP contribution in [0.15, 0.2) is 48.8 Å². The van der Waals surface area contributed by atoms with Crippen LogP contribution in [-0.2, 0) is 15.6 Å². The average molecular weight is 523 g/mol. The zero-order valence-corrected chi connectivity index (χ0v) is 22.5. The molecule has 0 amide bonds. The highest BCUT2D eigenvalue weighted by molar-refractivity contribution is 7.91. The number of benzene rings is 1. The maximum Gasteiger partial charge on any atom is 0.187 e. The van der Waals surface area contributed by atoms with E-state index in [1.165, 1.54) is 14.2 Å². The van der Waals surface area contributed by atoms with Crippen LogP contribution in [0.2, 0.25) is 0 Å². The van der Waals surface area contributed by atoms with E-state index in [-0.39, 0.29) is 17.5 Å². The Morgan fingerprint density at radius 3 is 2.16 bits per heavy atom. The van der Waals surface area contributed by atoms with Gasteiger partial charge in [-0.1, -0.05) is 19.1 Å². The Bertz CT molecular complexity index is 1480. The first-order valence-corrected chi connectivity index (χ1v) is 13.5. The Kier molecular flexibility index (Phi) is 7.53. The second-order valence-corrected chi connectivity index (χ2v) is 11.2. The van der Waals surface area contributed by atoms with Crippen LogP contribution in [0.25, 0.3) is 17.2 Å². The molecule has 0 unspecified atom stereocenters. The monoisotopic (exact) mass is 522 g/mol. The Balaban J connectivity index is 1.83. The molecule has 0 aliphatic heterocycles. The molecule has 11 heteroatoms. The molecule has 3 heterocycles. The molecule has 3 aromatic heterocycles. The van der Waals surface area contributed by atoms with Gasteiger partial charge in [0.15, 0.2) is 21.5 Å². The van der Waals surface area contributed by atoms with Gasteiger partial charge >= 0.3 is 0 Å². The fourth-order valence-corrected chi connectivity index (χ4v) is 5.60. The normalized spacial score (nSPS) is 13.2. The summed E-state index contributed by atoms with van der Waals surface area (Å²) in [6.45, 7) is 7.21. The van der Waals surface area contributed by atoms with Crippen molar-refractivity contribution < 1.29 is 17.9 Å². The molecule has 0 saturated heterocycles. The predicted molar refractivity (Wildman–Crippen MR) is 140 cm³/mol. The smallest absolute Gasteiger partial charge is 0.187 e. The molecule has 1 aromatic carbocycles. The summed E-state index contributed by atoms with van der Waals surface area (Å²) in [5, 5.41) is 7.92. The van der Waals surface area contributed by atoms with Crippen molar-refractivity contribution in [1.29, 1.82) is 0 Å². The number of rotatable bonds is 9. The molecule has 0 N–H and O–H groups in total. The maximum atomic E-state index is 13.7. The van der Waals surface area contributed by atoms with Crippen LogP contribution in [0.3, 0.4) is 0 Å². The second kappa shape index (κ2) is 10.6. The quantitative estimate of drug-likeness (QED) is 0.322. The van der Waals surface area contributed by atoms with E-state index >= 15 is 0 Å². The lowest BCUT2D eigenvalue weighted by molar-refractivity contribution is 0.390. The third-order valence-corrected chi connectivity index (χ3v) is 8.54. The predicted octanol–water partition coefficient (Wildman–Crippen LogP) is 3.86. The number of para-hydroxylation sites is 1. The number of nitrogens with zero attached hydrogens (tertiary/aromatic N) is 6. The van der Waals surface area contributed by atoms with Crippen molar-refractivity contribution in [2.45, 2.75) is 44.6 Å². The van der Waals surface area contributed by atoms with Gasteiger partial charge in [0.05, 0.1) is 30.9 Å². The summed E-state index contributed by atoms with van der Waals surface area (Å²) in [6, 6.07) is 10.9. The Hall–Kier alpha value is -3.86. The van der Waals surface area contributed by atoms with E-state index in [4.69, 9.17) is 9.47 Å². The number of hydrogen-bond donors (Lipinski definition) is 0. The molecule has 0 fully saturated rings. The molecule has 0 aliphatic rings. The lowest BCUT2D eigenvalue weighted by atomic mass is 10.1. The minimum absolute atomic E-state index is 0.218. The van der Waals surface area contributed by atoms with E-state index < -0.39 is 15.1 Å². The van der Waals surface area contributed by atoms with Gasteiger partial charge in [0, 0.05) is 24.0 Å². The summed E-state index contributed by atoms with van der Waals surface area (Å²) in [4.78, 5) is 13.2. The molecular weight excluding hydrogens is 492 g/mol. The second-order valence-electron chi connectivity index (χ2n) is 8.83. The van der Waals surface area contributed by atoms with Crippen molar-refractivity contribution in [3.05, 3.63) is 71.7 Å². The SMILES string of the molecule is COc1cccc(OC)c1-n1c(CS(=O)(=O)[C@H](C)[C@@H](C)c2cnc(C)cn2)nnc1-c1cccc(C)n1. The molecular formula is C26H30N6O4S. The van der Waals surface area contributed by atoms with Crippen LogP contribution >= 0.6 is 0 Å². The van der Waals surface area contributed by atoms with Gasteiger partial charge in [-0.3, -0.25) is 14.5 Å². The Morgan fingerprint density at radius 2 is 1.57 bits per heavy atom. The van der Waals surface area contributed by atoms with E-state index in [2.05, 4.69) is 25.1 Å². The van der Waals surface area contributed by atoms with E-state index in [1.54, 1.807) is 48.1 Å². The van der Waals surface area contributed by atoms with Gasteiger partial charge < -0.3 is 9.47 Å². The first-order valence-electron chi connectivity index (χ1n) is 11.8. The minimum atomic E-state index is -3.71. The molecule has 10 nitrogen and oxygen atoms in total. The van der Waals surface area contributed by atoms with Crippen molar-refractivity contribution in [2.75, 3.05) is 14.2 Å². The Morgan fingerprint density at radius 1 is 0.892 bits per heavy atom. The molecule has 4 aromatic rings. The molecule has 0 radical (unpaired) electrons. The first-order chi connectivity index (χ1) is 17.7. The van der Waals surface area contributed by atoms with Gasteiger partial charge in [-0.15, -0.1) is 10.2 Å². The highest BCUT2D eigenvalue weighted by atomic mass is 32.2. The average Bonchev–Trinajstić information content (AvgIpc) is 3.29. The molecule has 0 bridgehead atoms. The van der Waals surface area contributed by atoms with Gasteiger partial charge in [-0.2, -0.15) is 0 Å². The summed E-state index contributed by atoms with van der Waals surface area (Å²) in [6.07, 6.45) is 3.26. The topological polar surface area (TPSA) is 122 Å². The van der Waals surface area contributed by atoms with Gasteiger partial charge in [0.25, 0.3) is 0 Å². The van der Waals surface area contributed by atoms with Crippen molar-refractivity contribution in [1.82, 2.24) is 29.7 Å². The highest BCUT2D eigenvalue weighted by Crippen LogP contribution is 2.37. The molecule has 4 rings (SSSR count). The van der Waals surface area contributed by atoms with Gasteiger partial charge in [-0.05, 0) is 45.0 Å².